The van der Waals surface area contributed by atoms with Gasteiger partial charge in [0.1, 0.15) is 0 Å². The number of halogens is 1. The summed E-state index contributed by atoms with van der Waals surface area (Å²) in [7, 11) is 0. The number of aliphatic hydroxyl groups is 1. The highest BCUT2D eigenvalue weighted by Crippen LogP contribution is 2.25. The molecule has 1 aliphatic heterocycles. The largest absolute Gasteiger partial charge is 0.399 e. The quantitative estimate of drug-likeness (QED) is 0.833. The number of anilines is 1. The van der Waals surface area contributed by atoms with E-state index in [1.165, 1.54) is 0 Å². The summed E-state index contributed by atoms with van der Waals surface area (Å²) in [4.78, 5) is 2.24. The van der Waals surface area contributed by atoms with Crippen molar-refractivity contribution >= 4 is 17.3 Å². The highest BCUT2D eigenvalue weighted by molar-refractivity contribution is 6.31. The Morgan fingerprint density at radius 2 is 2.26 bits per heavy atom. The van der Waals surface area contributed by atoms with Gasteiger partial charge in [0.15, 0.2) is 0 Å². The minimum atomic E-state index is -0.265. The number of aliphatic hydroxyl groups excluding tert-OH is 1. The molecule has 1 unspecified atom stereocenters. The lowest BCUT2D eigenvalue weighted by molar-refractivity contribution is -0.150. The van der Waals surface area contributed by atoms with Crippen LogP contribution >= 0.6 is 11.6 Å². The molecule has 1 heterocycles. The first-order valence-corrected chi connectivity index (χ1v) is 6.82. The van der Waals surface area contributed by atoms with Crippen LogP contribution < -0.4 is 5.73 Å². The third-order valence-electron chi connectivity index (χ3n) is 3.22. The van der Waals surface area contributed by atoms with Crippen molar-refractivity contribution in [3.05, 3.63) is 28.8 Å². The molecule has 1 saturated heterocycles. The Balaban J connectivity index is 2.11. The van der Waals surface area contributed by atoms with Crippen LogP contribution in [0.1, 0.15) is 19.4 Å². The van der Waals surface area contributed by atoms with Crippen LogP contribution in [-0.4, -0.2) is 41.4 Å². The van der Waals surface area contributed by atoms with Gasteiger partial charge in [0.05, 0.1) is 18.3 Å². The summed E-state index contributed by atoms with van der Waals surface area (Å²) in [5.41, 5.74) is 7.26. The van der Waals surface area contributed by atoms with E-state index in [4.69, 9.17) is 22.1 Å². The normalized spacial score (nSPS) is 23.5. The lowest BCUT2D eigenvalue weighted by atomic mass is 10.0. The summed E-state index contributed by atoms with van der Waals surface area (Å²) in [5.74, 6) is 0. The Morgan fingerprint density at radius 1 is 1.53 bits per heavy atom. The van der Waals surface area contributed by atoms with Gasteiger partial charge in [0.25, 0.3) is 0 Å². The van der Waals surface area contributed by atoms with Crippen molar-refractivity contribution in [1.29, 1.82) is 0 Å². The Bertz CT molecular complexity index is 451. The molecule has 0 bridgehead atoms. The average molecular weight is 285 g/mol. The third kappa shape index (κ3) is 3.83. The van der Waals surface area contributed by atoms with Crippen LogP contribution in [0.5, 0.6) is 0 Å². The molecule has 1 aromatic carbocycles. The van der Waals surface area contributed by atoms with Crippen molar-refractivity contribution in [2.24, 2.45) is 0 Å². The Hall–Kier alpha value is -0.810. The van der Waals surface area contributed by atoms with Crippen LogP contribution in [0.25, 0.3) is 0 Å². The first kappa shape index (κ1) is 14.6. The summed E-state index contributed by atoms with van der Waals surface area (Å²) in [6, 6.07) is 5.52. The molecule has 1 aliphatic rings. The second-order valence-electron chi connectivity index (χ2n) is 5.70. The number of benzene rings is 1. The number of ether oxygens (including phenoxy) is 1. The number of rotatable bonds is 3. The van der Waals surface area contributed by atoms with Crippen molar-refractivity contribution in [3.8, 4) is 0 Å². The fraction of sp³-hybridized carbons (Fsp3) is 0.571. The van der Waals surface area contributed by atoms with Gasteiger partial charge in [0.2, 0.25) is 0 Å². The molecule has 0 spiro atoms. The lowest BCUT2D eigenvalue weighted by Crippen LogP contribution is -2.53. The van der Waals surface area contributed by atoms with Crippen molar-refractivity contribution < 1.29 is 9.84 Å². The average Bonchev–Trinajstić information content (AvgIpc) is 2.32. The molecule has 3 N–H and O–H groups in total. The van der Waals surface area contributed by atoms with E-state index in [1.807, 2.05) is 26.0 Å². The van der Waals surface area contributed by atoms with Crippen LogP contribution in [0.15, 0.2) is 18.2 Å². The van der Waals surface area contributed by atoms with Crippen molar-refractivity contribution in [3.63, 3.8) is 0 Å². The van der Waals surface area contributed by atoms with E-state index in [9.17, 15) is 5.11 Å². The minimum absolute atomic E-state index is 0.0323. The predicted octanol–water partition coefficient (Wildman–Crippen LogP) is 1.89. The van der Waals surface area contributed by atoms with E-state index < -0.39 is 0 Å². The Labute approximate surface area is 119 Å². The number of hydrogen-bond donors (Lipinski definition) is 2. The number of morpholine rings is 1. The topological polar surface area (TPSA) is 58.7 Å². The monoisotopic (exact) mass is 284 g/mol. The van der Waals surface area contributed by atoms with Gasteiger partial charge in [-0.05, 0) is 37.6 Å². The molecule has 0 amide bonds. The van der Waals surface area contributed by atoms with Crippen LogP contribution in [0.3, 0.4) is 0 Å². The minimum Gasteiger partial charge on any atom is -0.399 e. The molecule has 0 aromatic heterocycles. The molecule has 5 heteroatoms. The SMILES string of the molecule is CC1(C)CN(Cc2cc(N)ccc2Cl)CC(CO)O1. The molecule has 0 radical (unpaired) electrons. The molecule has 2 rings (SSSR count). The zero-order valence-corrected chi connectivity index (χ0v) is 12.2. The fourth-order valence-electron chi connectivity index (χ4n) is 2.59. The standard InChI is InChI=1S/C14H21ClN2O2/c1-14(2)9-17(7-12(8-18)19-14)6-10-5-11(16)3-4-13(10)15/h3-5,12,18H,6-9,16H2,1-2H3. The first-order valence-electron chi connectivity index (χ1n) is 6.44. The molecule has 0 saturated carbocycles. The predicted molar refractivity (Wildman–Crippen MR) is 77.2 cm³/mol. The Kier molecular flexibility index (Phi) is 4.36. The van der Waals surface area contributed by atoms with Crippen LogP contribution in [0, 0.1) is 0 Å². The van der Waals surface area contributed by atoms with E-state index in [1.54, 1.807) is 6.07 Å². The summed E-state index contributed by atoms with van der Waals surface area (Å²) in [5, 5.41) is 10.0. The molecule has 1 atom stereocenters. The molecule has 19 heavy (non-hydrogen) atoms. The van der Waals surface area contributed by atoms with Crippen LogP contribution in [0.4, 0.5) is 5.69 Å². The van der Waals surface area contributed by atoms with E-state index in [2.05, 4.69) is 4.90 Å². The van der Waals surface area contributed by atoms with E-state index in [-0.39, 0.29) is 18.3 Å². The lowest BCUT2D eigenvalue weighted by Gasteiger charge is -2.42. The van der Waals surface area contributed by atoms with Gasteiger partial charge in [-0.3, -0.25) is 4.90 Å². The van der Waals surface area contributed by atoms with Crippen molar-refractivity contribution in [1.82, 2.24) is 4.90 Å². The maximum absolute atomic E-state index is 9.31. The smallest absolute Gasteiger partial charge is 0.0940 e. The molecule has 4 nitrogen and oxygen atoms in total. The second-order valence-corrected chi connectivity index (χ2v) is 6.11. The molecule has 106 valence electrons. The number of nitrogens with zero attached hydrogens (tertiary/aromatic N) is 1. The third-order valence-corrected chi connectivity index (χ3v) is 3.59. The molecule has 0 aliphatic carbocycles. The van der Waals surface area contributed by atoms with Gasteiger partial charge in [-0.2, -0.15) is 0 Å². The van der Waals surface area contributed by atoms with Gasteiger partial charge in [-0.1, -0.05) is 11.6 Å². The molecular weight excluding hydrogens is 264 g/mol. The first-order chi connectivity index (χ1) is 8.89. The van der Waals surface area contributed by atoms with Gasteiger partial charge in [0, 0.05) is 30.3 Å². The maximum Gasteiger partial charge on any atom is 0.0940 e. The van der Waals surface area contributed by atoms with Crippen molar-refractivity contribution in [2.75, 3.05) is 25.4 Å². The highest BCUT2D eigenvalue weighted by Gasteiger charge is 2.33. The number of nitrogen functional groups attached to an aromatic ring is 1. The molecule has 1 fully saturated rings. The van der Waals surface area contributed by atoms with Crippen LogP contribution in [0.2, 0.25) is 5.02 Å². The van der Waals surface area contributed by atoms with Gasteiger partial charge in [-0.25, -0.2) is 0 Å². The Morgan fingerprint density at radius 3 is 2.95 bits per heavy atom. The van der Waals surface area contributed by atoms with E-state index in [0.717, 1.165) is 17.1 Å². The molecular formula is C14H21ClN2O2. The van der Waals surface area contributed by atoms with Gasteiger partial charge < -0.3 is 15.6 Å². The zero-order valence-electron chi connectivity index (χ0n) is 11.4. The highest BCUT2D eigenvalue weighted by atomic mass is 35.5. The van der Waals surface area contributed by atoms with E-state index >= 15 is 0 Å². The van der Waals surface area contributed by atoms with Gasteiger partial charge >= 0.3 is 0 Å². The maximum atomic E-state index is 9.31. The number of hydrogen-bond acceptors (Lipinski definition) is 4. The summed E-state index contributed by atoms with van der Waals surface area (Å²) in [6.07, 6.45) is -0.149. The molecule has 1 aromatic rings. The number of nitrogens with two attached hydrogens (primary N) is 1. The summed E-state index contributed by atoms with van der Waals surface area (Å²) >= 11 is 6.19. The zero-order chi connectivity index (χ0) is 14.0. The fourth-order valence-corrected chi connectivity index (χ4v) is 2.77. The van der Waals surface area contributed by atoms with Crippen LogP contribution in [-0.2, 0) is 11.3 Å². The van der Waals surface area contributed by atoms with E-state index in [0.29, 0.717) is 18.8 Å². The second kappa shape index (κ2) is 5.67. The summed E-state index contributed by atoms with van der Waals surface area (Å²) in [6.45, 7) is 6.31. The van der Waals surface area contributed by atoms with Gasteiger partial charge in [-0.15, -0.1) is 0 Å². The summed E-state index contributed by atoms with van der Waals surface area (Å²) < 4.78 is 5.80. The van der Waals surface area contributed by atoms with Crippen molar-refractivity contribution in [2.45, 2.75) is 32.1 Å².